The molecule has 1 unspecified atom stereocenters. The maximum Gasteiger partial charge on any atom is 0.189 e. The SMILES string of the molecule is [C-]#[N+]c1ccc2c(c1)ncn2CC1CCO1. The van der Waals surface area contributed by atoms with Gasteiger partial charge in [-0.25, -0.2) is 9.83 Å². The molecule has 0 radical (unpaired) electrons. The molecule has 1 aromatic carbocycles. The quantitative estimate of drug-likeness (QED) is 0.717. The molecule has 1 aliphatic heterocycles. The van der Waals surface area contributed by atoms with Gasteiger partial charge in [0.05, 0.1) is 36.6 Å². The van der Waals surface area contributed by atoms with Crippen molar-refractivity contribution < 1.29 is 4.74 Å². The second-order valence-electron chi connectivity index (χ2n) is 3.96. The first-order chi connectivity index (χ1) is 7.86. The Morgan fingerprint density at radius 2 is 2.44 bits per heavy atom. The molecule has 4 nitrogen and oxygen atoms in total. The van der Waals surface area contributed by atoms with E-state index in [0.717, 1.165) is 30.6 Å². The zero-order chi connectivity index (χ0) is 11.0. The second-order valence-corrected chi connectivity index (χ2v) is 3.96. The van der Waals surface area contributed by atoms with Crippen molar-refractivity contribution in [1.82, 2.24) is 9.55 Å². The van der Waals surface area contributed by atoms with E-state index in [1.807, 2.05) is 24.5 Å². The monoisotopic (exact) mass is 213 g/mol. The molecule has 4 heteroatoms. The number of benzene rings is 1. The summed E-state index contributed by atoms with van der Waals surface area (Å²) < 4.78 is 7.49. The summed E-state index contributed by atoms with van der Waals surface area (Å²) in [6.07, 6.45) is 3.28. The first-order valence-electron chi connectivity index (χ1n) is 5.31. The summed E-state index contributed by atoms with van der Waals surface area (Å²) in [5.74, 6) is 0. The van der Waals surface area contributed by atoms with E-state index in [-0.39, 0.29) is 0 Å². The summed E-state index contributed by atoms with van der Waals surface area (Å²) >= 11 is 0. The van der Waals surface area contributed by atoms with Crippen LogP contribution in [0.25, 0.3) is 15.9 Å². The van der Waals surface area contributed by atoms with E-state index in [1.165, 1.54) is 0 Å². The highest BCUT2D eigenvalue weighted by Crippen LogP contribution is 2.22. The predicted molar refractivity (Wildman–Crippen MR) is 60.4 cm³/mol. The molecule has 0 N–H and O–H groups in total. The van der Waals surface area contributed by atoms with Gasteiger partial charge in [-0.3, -0.25) is 0 Å². The van der Waals surface area contributed by atoms with E-state index in [2.05, 4.69) is 14.4 Å². The third kappa shape index (κ3) is 1.46. The van der Waals surface area contributed by atoms with Crippen LogP contribution in [0.1, 0.15) is 6.42 Å². The standard InChI is InChI=1S/C12H11N3O/c1-13-9-2-3-12-11(6-9)14-8-15(12)7-10-4-5-16-10/h2-3,6,8,10H,4-5,7H2. The molecule has 1 atom stereocenters. The van der Waals surface area contributed by atoms with Crippen molar-refractivity contribution in [2.75, 3.05) is 6.61 Å². The fourth-order valence-corrected chi connectivity index (χ4v) is 1.92. The Balaban J connectivity index is 1.97. The zero-order valence-electron chi connectivity index (χ0n) is 8.76. The fraction of sp³-hybridized carbons (Fsp3) is 0.333. The number of hydrogen-bond acceptors (Lipinski definition) is 2. The average Bonchev–Trinajstić information content (AvgIpc) is 2.65. The molecular formula is C12H11N3O. The minimum Gasteiger partial charge on any atom is -0.376 e. The lowest BCUT2D eigenvalue weighted by molar-refractivity contribution is -0.0586. The molecule has 0 aliphatic carbocycles. The Bertz CT molecular complexity index is 563. The minimum atomic E-state index is 0.331. The van der Waals surface area contributed by atoms with Crippen LogP contribution in [0.5, 0.6) is 0 Å². The highest BCUT2D eigenvalue weighted by atomic mass is 16.5. The molecule has 0 saturated carbocycles. The Morgan fingerprint density at radius 3 is 3.12 bits per heavy atom. The van der Waals surface area contributed by atoms with Crippen LogP contribution < -0.4 is 0 Å². The Hall–Kier alpha value is -1.86. The lowest BCUT2D eigenvalue weighted by Crippen LogP contribution is -2.30. The van der Waals surface area contributed by atoms with Gasteiger partial charge in [-0.2, -0.15) is 0 Å². The number of aromatic nitrogens is 2. The first-order valence-corrected chi connectivity index (χ1v) is 5.31. The van der Waals surface area contributed by atoms with E-state index in [1.54, 1.807) is 0 Å². The molecule has 16 heavy (non-hydrogen) atoms. The molecular weight excluding hydrogens is 202 g/mol. The third-order valence-corrected chi connectivity index (χ3v) is 2.93. The van der Waals surface area contributed by atoms with Crippen molar-refractivity contribution in [3.8, 4) is 0 Å². The Kier molecular flexibility index (Phi) is 2.12. The van der Waals surface area contributed by atoms with Gasteiger partial charge in [0.15, 0.2) is 5.69 Å². The van der Waals surface area contributed by atoms with Gasteiger partial charge in [0.25, 0.3) is 0 Å². The Labute approximate surface area is 93.3 Å². The van der Waals surface area contributed by atoms with Gasteiger partial charge in [0, 0.05) is 6.61 Å². The van der Waals surface area contributed by atoms with Gasteiger partial charge in [-0.05, 0) is 18.6 Å². The van der Waals surface area contributed by atoms with Gasteiger partial charge in [0.1, 0.15) is 0 Å². The van der Waals surface area contributed by atoms with E-state index >= 15 is 0 Å². The van der Waals surface area contributed by atoms with Crippen LogP contribution in [0.4, 0.5) is 5.69 Å². The fourth-order valence-electron chi connectivity index (χ4n) is 1.92. The average molecular weight is 213 g/mol. The lowest BCUT2D eigenvalue weighted by atomic mass is 10.2. The van der Waals surface area contributed by atoms with Crippen molar-refractivity contribution in [1.29, 1.82) is 0 Å². The van der Waals surface area contributed by atoms with Gasteiger partial charge in [-0.1, -0.05) is 6.07 Å². The van der Waals surface area contributed by atoms with Crippen LogP contribution in [0, 0.1) is 6.57 Å². The maximum atomic E-state index is 6.95. The van der Waals surface area contributed by atoms with Gasteiger partial charge < -0.3 is 9.30 Å². The molecule has 0 amide bonds. The molecule has 3 rings (SSSR count). The molecule has 0 bridgehead atoms. The summed E-state index contributed by atoms with van der Waals surface area (Å²) in [7, 11) is 0. The maximum absolute atomic E-state index is 6.95. The number of imidazole rings is 1. The molecule has 1 saturated heterocycles. The second kappa shape index (κ2) is 3.62. The Morgan fingerprint density at radius 1 is 1.56 bits per heavy atom. The van der Waals surface area contributed by atoms with Crippen molar-refractivity contribution >= 4 is 16.7 Å². The number of rotatable bonds is 2. The van der Waals surface area contributed by atoms with E-state index in [9.17, 15) is 0 Å². The van der Waals surface area contributed by atoms with Gasteiger partial charge in [-0.15, -0.1) is 0 Å². The number of nitrogens with zero attached hydrogens (tertiary/aromatic N) is 3. The van der Waals surface area contributed by atoms with Gasteiger partial charge >= 0.3 is 0 Å². The highest BCUT2D eigenvalue weighted by Gasteiger charge is 2.19. The molecule has 80 valence electrons. The smallest absolute Gasteiger partial charge is 0.189 e. The minimum absolute atomic E-state index is 0.331. The molecule has 1 fully saturated rings. The van der Waals surface area contributed by atoms with E-state index < -0.39 is 0 Å². The third-order valence-electron chi connectivity index (χ3n) is 2.93. The lowest BCUT2D eigenvalue weighted by Gasteiger charge is -2.26. The summed E-state index contributed by atoms with van der Waals surface area (Å²) in [5.41, 5.74) is 2.59. The van der Waals surface area contributed by atoms with Crippen molar-refractivity contribution in [2.45, 2.75) is 19.1 Å². The number of ether oxygens (including phenoxy) is 1. The number of hydrogen-bond donors (Lipinski definition) is 0. The first kappa shape index (κ1) is 9.37. The summed E-state index contributed by atoms with van der Waals surface area (Å²) in [4.78, 5) is 7.70. The van der Waals surface area contributed by atoms with Crippen LogP contribution >= 0.6 is 0 Å². The molecule has 2 aromatic rings. The van der Waals surface area contributed by atoms with Crippen LogP contribution in [-0.4, -0.2) is 22.3 Å². The van der Waals surface area contributed by atoms with E-state index in [0.29, 0.717) is 11.8 Å². The van der Waals surface area contributed by atoms with Crippen LogP contribution in [0.3, 0.4) is 0 Å². The largest absolute Gasteiger partial charge is 0.376 e. The van der Waals surface area contributed by atoms with Crippen molar-refractivity contribution in [2.24, 2.45) is 0 Å². The van der Waals surface area contributed by atoms with E-state index in [4.69, 9.17) is 11.3 Å². The van der Waals surface area contributed by atoms with Gasteiger partial charge in [0.2, 0.25) is 0 Å². The molecule has 1 aliphatic rings. The predicted octanol–water partition coefficient (Wildman–Crippen LogP) is 2.38. The van der Waals surface area contributed by atoms with Crippen LogP contribution in [-0.2, 0) is 11.3 Å². The van der Waals surface area contributed by atoms with Crippen LogP contribution in [0.2, 0.25) is 0 Å². The molecule has 2 heterocycles. The number of fused-ring (bicyclic) bond motifs is 1. The highest BCUT2D eigenvalue weighted by molar-refractivity contribution is 5.79. The molecule has 1 aromatic heterocycles. The summed E-state index contributed by atoms with van der Waals surface area (Å²) in [5, 5.41) is 0. The summed E-state index contributed by atoms with van der Waals surface area (Å²) in [6.45, 7) is 8.68. The van der Waals surface area contributed by atoms with Crippen molar-refractivity contribution in [3.63, 3.8) is 0 Å². The normalized spacial score (nSPS) is 19.3. The van der Waals surface area contributed by atoms with Crippen LogP contribution in [0.15, 0.2) is 24.5 Å². The zero-order valence-corrected chi connectivity index (χ0v) is 8.76. The summed E-state index contributed by atoms with van der Waals surface area (Å²) in [6, 6.07) is 5.60. The topological polar surface area (TPSA) is 31.4 Å². The molecule has 0 spiro atoms. The van der Waals surface area contributed by atoms with Crippen molar-refractivity contribution in [3.05, 3.63) is 35.9 Å².